The topological polar surface area (TPSA) is 114 Å². The van der Waals surface area contributed by atoms with Crippen LogP contribution in [0.5, 0.6) is 0 Å². The van der Waals surface area contributed by atoms with Crippen LogP contribution in [0, 0.1) is 0 Å². The van der Waals surface area contributed by atoms with Crippen LogP contribution in [-0.2, 0) is 17.7 Å². The molecule has 8 nitrogen and oxygen atoms in total. The third kappa shape index (κ3) is 5.07. The number of H-pyrrole nitrogens is 1. The summed E-state index contributed by atoms with van der Waals surface area (Å²) in [4.78, 5) is 37.4. The van der Waals surface area contributed by atoms with Crippen molar-refractivity contribution < 1.29 is 14.3 Å². The lowest BCUT2D eigenvalue weighted by Gasteiger charge is -2.26. The summed E-state index contributed by atoms with van der Waals surface area (Å²) in [5.41, 5.74) is 6.63. The molecule has 2 amide bonds. The molecule has 0 aliphatic carbocycles. The van der Waals surface area contributed by atoms with Crippen LogP contribution in [0.3, 0.4) is 0 Å². The fraction of sp³-hybridized carbons (Fsp3) is 0.368. The molecular formula is C19H23N5O3S. The second-order valence-electron chi connectivity index (χ2n) is 7.34. The molecule has 2 aromatic heterocycles. The van der Waals surface area contributed by atoms with Crippen molar-refractivity contribution in [2.75, 3.05) is 6.54 Å². The zero-order chi connectivity index (χ0) is 20.3. The number of amides is 2. The van der Waals surface area contributed by atoms with Crippen molar-refractivity contribution in [2.45, 2.75) is 39.3 Å². The Balaban J connectivity index is 1.75. The summed E-state index contributed by atoms with van der Waals surface area (Å²) in [6.45, 7) is 6.12. The number of hydrogen-bond acceptors (Lipinski definition) is 6. The van der Waals surface area contributed by atoms with E-state index in [2.05, 4.69) is 15.0 Å². The Bertz CT molecular complexity index is 956. The summed E-state index contributed by atoms with van der Waals surface area (Å²) in [6, 6.07) is 7.69. The molecular weight excluding hydrogens is 378 g/mol. The number of hydrogen-bond donors (Lipinski definition) is 2. The van der Waals surface area contributed by atoms with Crippen molar-refractivity contribution in [1.82, 2.24) is 19.9 Å². The molecule has 0 aliphatic heterocycles. The van der Waals surface area contributed by atoms with Gasteiger partial charge >= 0.3 is 6.09 Å². The highest BCUT2D eigenvalue weighted by Crippen LogP contribution is 2.16. The number of rotatable bonds is 6. The van der Waals surface area contributed by atoms with Crippen molar-refractivity contribution in [3.8, 4) is 0 Å². The fourth-order valence-corrected chi connectivity index (χ4v) is 3.37. The third-order valence-corrected chi connectivity index (χ3v) is 4.74. The highest BCUT2D eigenvalue weighted by atomic mass is 32.1. The number of para-hydroxylation sites is 2. The predicted molar refractivity (Wildman–Crippen MR) is 107 cm³/mol. The molecule has 0 fully saturated rings. The largest absolute Gasteiger partial charge is 0.444 e. The average Bonchev–Trinajstić information content (AvgIpc) is 3.23. The van der Waals surface area contributed by atoms with Crippen molar-refractivity contribution >= 4 is 34.4 Å². The van der Waals surface area contributed by atoms with E-state index in [1.165, 1.54) is 11.3 Å². The van der Waals surface area contributed by atoms with E-state index in [1.807, 2.05) is 45.0 Å². The number of carbonyl (C=O) groups excluding carboxylic acids is 2. The van der Waals surface area contributed by atoms with Crippen LogP contribution in [0.4, 0.5) is 4.79 Å². The number of nitrogens with one attached hydrogen (secondary N) is 1. The number of primary amides is 1. The molecule has 1 aromatic carbocycles. The van der Waals surface area contributed by atoms with Crippen molar-refractivity contribution in [3.05, 3.63) is 46.2 Å². The Morgan fingerprint density at radius 3 is 2.64 bits per heavy atom. The minimum absolute atomic E-state index is 0.237. The van der Waals surface area contributed by atoms with Gasteiger partial charge in [-0.2, -0.15) is 0 Å². The number of benzene rings is 1. The number of carbonyl (C=O) groups is 2. The first kappa shape index (κ1) is 19.8. The predicted octanol–water partition coefficient (Wildman–Crippen LogP) is 3.10. The number of nitrogens with zero attached hydrogens (tertiary/aromatic N) is 3. The Morgan fingerprint density at radius 1 is 1.25 bits per heavy atom. The number of nitrogens with two attached hydrogens (primary N) is 1. The second-order valence-corrected chi connectivity index (χ2v) is 8.29. The van der Waals surface area contributed by atoms with E-state index < -0.39 is 17.6 Å². The van der Waals surface area contributed by atoms with Crippen LogP contribution in [0.2, 0.25) is 0 Å². The Labute approximate surface area is 166 Å². The van der Waals surface area contributed by atoms with Crippen molar-refractivity contribution in [3.63, 3.8) is 0 Å². The number of ether oxygens (including phenoxy) is 1. The summed E-state index contributed by atoms with van der Waals surface area (Å²) >= 11 is 1.34. The van der Waals surface area contributed by atoms with Crippen molar-refractivity contribution in [1.29, 1.82) is 0 Å². The van der Waals surface area contributed by atoms with Gasteiger partial charge in [0, 0.05) is 18.3 Å². The first-order valence-electron chi connectivity index (χ1n) is 8.87. The molecule has 28 heavy (non-hydrogen) atoms. The lowest BCUT2D eigenvalue weighted by Crippen LogP contribution is -2.37. The molecule has 3 N–H and O–H groups in total. The van der Waals surface area contributed by atoms with E-state index >= 15 is 0 Å². The molecule has 0 radical (unpaired) electrons. The van der Waals surface area contributed by atoms with Gasteiger partial charge in [-0.15, -0.1) is 11.3 Å². The maximum atomic E-state index is 12.7. The molecule has 0 saturated heterocycles. The van der Waals surface area contributed by atoms with E-state index in [1.54, 1.807) is 10.3 Å². The summed E-state index contributed by atoms with van der Waals surface area (Å²) < 4.78 is 5.53. The van der Waals surface area contributed by atoms with Crippen molar-refractivity contribution in [2.24, 2.45) is 5.73 Å². The molecule has 0 saturated carbocycles. The van der Waals surface area contributed by atoms with Gasteiger partial charge in [0.2, 0.25) is 0 Å². The van der Waals surface area contributed by atoms with E-state index in [0.717, 1.165) is 16.0 Å². The first-order valence-corrected chi connectivity index (χ1v) is 9.75. The van der Waals surface area contributed by atoms with Crippen LogP contribution >= 0.6 is 11.3 Å². The summed E-state index contributed by atoms with van der Waals surface area (Å²) in [5.74, 6) is 0.109. The average molecular weight is 401 g/mol. The molecule has 9 heteroatoms. The Hall–Kier alpha value is -2.94. The van der Waals surface area contributed by atoms with E-state index in [4.69, 9.17) is 10.5 Å². The Kier molecular flexibility index (Phi) is 5.64. The molecule has 0 unspecified atom stereocenters. The minimum Gasteiger partial charge on any atom is -0.444 e. The number of aromatic nitrogens is 3. The van der Waals surface area contributed by atoms with E-state index in [-0.39, 0.29) is 12.2 Å². The number of imidazole rings is 1. The number of aromatic amines is 1. The normalized spacial score (nSPS) is 11.5. The molecule has 0 atom stereocenters. The zero-order valence-electron chi connectivity index (χ0n) is 16.1. The minimum atomic E-state index is -0.608. The standard InChI is InChI=1S/C19H23N5O3S/c1-19(2,3)27-18(26)24(9-8-16-23-14(11-28-16)17(20)25)10-15-21-12-6-4-5-7-13(12)22-15/h4-7,11H,8-10H2,1-3H3,(H2,20,25)(H,21,22). The maximum absolute atomic E-state index is 12.7. The summed E-state index contributed by atoms with van der Waals surface area (Å²) in [5, 5.41) is 2.35. The smallest absolute Gasteiger partial charge is 0.410 e. The van der Waals surface area contributed by atoms with Gasteiger partial charge in [-0.1, -0.05) is 12.1 Å². The Morgan fingerprint density at radius 2 is 2.00 bits per heavy atom. The highest BCUT2D eigenvalue weighted by molar-refractivity contribution is 7.09. The lowest BCUT2D eigenvalue weighted by molar-refractivity contribution is 0.0231. The van der Waals surface area contributed by atoms with Gasteiger partial charge in [0.05, 0.1) is 22.6 Å². The lowest BCUT2D eigenvalue weighted by atomic mass is 10.2. The maximum Gasteiger partial charge on any atom is 0.410 e. The SMILES string of the molecule is CC(C)(C)OC(=O)N(CCc1nc(C(N)=O)cs1)Cc1nc2ccccc2[nH]1. The van der Waals surface area contributed by atoms with Gasteiger partial charge < -0.3 is 20.4 Å². The molecule has 2 heterocycles. The van der Waals surface area contributed by atoms with E-state index in [9.17, 15) is 9.59 Å². The van der Waals surface area contributed by atoms with E-state index in [0.29, 0.717) is 18.8 Å². The zero-order valence-corrected chi connectivity index (χ0v) is 16.9. The molecule has 0 spiro atoms. The second kappa shape index (κ2) is 7.97. The number of fused-ring (bicyclic) bond motifs is 1. The van der Waals surface area contributed by atoms with Crippen LogP contribution in [0.15, 0.2) is 29.6 Å². The first-order chi connectivity index (χ1) is 13.2. The molecule has 148 valence electrons. The van der Waals surface area contributed by atoms with Crippen LogP contribution in [0.25, 0.3) is 11.0 Å². The van der Waals surface area contributed by atoms with Crippen LogP contribution < -0.4 is 5.73 Å². The van der Waals surface area contributed by atoms with Gasteiger partial charge in [0.1, 0.15) is 17.1 Å². The summed E-state index contributed by atoms with van der Waals surface area (Å²) in [7, 11) is 0. The fourth-order valence-electron chi connectivity index (χ4n) is 2.59. The highest BCUT2D eigenvalue weighted by Gasteiger charge is 2.23. The van der Waals surface area contributed by atoms with Gasteiger partial charge in [-0.3, -0.25) is 4.79 Å². The molecule has 0 bridgehead atoms. The number of thiazole rings is 1. The molecule has 3 aromatic rings. The van der Waals surface area contributed by atoms with Crippen LogP contribution in [-0.4, -0.2) is 44.0 Å². The third-order valence-electron chi connectivity index (χ3n) is 3.83. The molecule has 0 aliphatic rings. The summed E-state index contributed by atoms with van der Waals surface area (Å²) in [6.07, 6.45) is 0.0527. The molecule has 3 rings (SSSR count). The monoisotopic (exact) mass is 401 g/mol. The van der Waals surface area contributed by atoms with Gasteiger partial charge in [0.15, 0.2) is 0 Å². The van der Waals surface area contributed by atoms with Gasteiger partial charge in [-0.25, -0.2) is 14.8 Å². The van der Waals surface area contributed by atoms with Gasteiger partial charge in [-0.05, 0) is 32.9 Å². The quantitative estimate of drug-likeness (QED) is 0.659. The van der Waals surface area contributed by atoms with Crippen LogP contribution in [0.1, 0.15) is 42.1 Å². The van der Waals surface area contributed by atoms with Gasteiger partial charge in [0.25, 0.3) is 5.91 Å².